The molecule has 2 atom stereocenters. The van der Waals surface area contributed by atoms with Crippen LogP contribution in [0, 0.1) is 0 Å². The summed E-state index contributed by atoms with van der Waals surface area (Å²) in [5, 5.41) is 3.74. The quantitative estimate of drug-likeness (QED) is 0.831. The lowest BCUT2D eigenvalue weighted by Gasteiger charge is -2.22. The van der Waals surface area contributed by atoms with E-state index in [0.29, 0.717) is 6.04 Å². The number of benzene rings is 1. The van der Waals surface area contributed by atoms with Crippen molar-refractivity contribution in [1.29, 1.82) is 0 Å². The Balaban J connectivity index is 1.69. The highest BCUT2D eigenvalue weighted by Crippen LogP contribution is 2.33. The molecule has 3 nitrogen and oxygen atoms in total. The van der Waals surface area contributed by atoms with Crippen LogP contribution >= 0.6 is 31.9 Å². The van der Waals surface area contributed by atoms with E-state index in [1.807, 2.05) is 6.07 Å². The van der Waals surface area contributed by atoms with Crippen LogP contribution in [0.1, 0.15) is 24.8 Å². The van der Waals surface area contributed by atoms with Crippen LogP contribution in [0.2, 0.25) is 0 Å². The fraction of sp³-hybridized carbons (Fsp3) is 0.600. The highest BCUT2D eigenvalue weighted by atomic mass is 79.9. The molecule has 0 amide bonds. The largest absolute Gasteiger partial charge is 0.495 e. The van der Waals surface area contributed by atoms with Gasteiger partial charge in [0, 0.05) is 35.2 Å². The van der Waals surface area contributed by atoms with Crippen LogP contribution in [0.25, 0.3) is 0 Å². The number of hydrogen-bond donors (Lipinski definition) is 1. The first-order valence-corrected chi connectivity index (χ1v) is 8.77. The molecule has 5 heteroatoms. The maximum Gasteiger partial charge on any atom is 0.137 e. The number of fused-ring (bicyclic) bond motifs is 1. The third-order valence-corrected chi connectivity index (χ3v) is 5.50. The predicted octanol–water partition coefficient (Wildman–Crippen LogP) is 3.55. The molecule has 0 spiro atoms. The number of rotatable bonds is 4. The lowest BCUT2D eigenvalue weighted by molar-refractivity contribution is 0.298. The average Bonchev–Trinajstić information content (AvgIpc) is 2.99. The van der Waals surface area contributed by atoms with Crippen molar-refractivity contribution in [3.8, 4) is 5.75 Å². The molecule has 2 saturated heterocycles. The fourth-order valence-electron chi connectivity index (χ4n) is 3.54. The van der Waals surface area contributed by atoms with Crippen molar-refractivity contribution in [1.82, 2.24) is 10.2 Å². The molecule has 1 aromatic carbocycles. The van der Waals surface area contributed by atoms with Crippen molar-refractivity contribution in [3.63, 3.8) is 0 Å². The van der Waals surface area contributed by atoms with E-state index >= 15 is 0 Å². The van der Waals surface area contributed by atoms with Gasteiger partial charge in [0.25, 0.3) is 0 Å². The minimum absolute atomic E-state index is 0.625. The van der Waals surface area contributed by atoms with Crippen molar-refractivity contribution >= 4 is 31.9 Å². The van der Waals surface area contributed by atoms with Gasteiger partial charge in [0.2, 0.25) is 0 Å². The molecule has 2 fully saturated rings. The second-order valence-corrected chi connectivity index (χ2v) is 7.37. The molecule has 2 aliphatic heterocycles. The third-order valence-electron chi connectivity index (χ3n) is 4.45. The van der Waals surface area contributed by atoms with E-state index in [4.69, 9.17) is 4.74 Å². The van der Waals surface area contributed by atoms with Crippen LogP contribution in [0.5, 0.6) is 5.75 Å². The normalized spacial score (nSPS) is 25.9. The minimum atomic E-state index is 0.625. The van der Waals surface area contributed by atoms with Crippen LogP contribution in [-0.4, -0.2) is 37.2 Å². The van der Waals surface area contributed by atoms with Gasteiger partial charge in [0.15, 0.2) is 0 Å². The molecule has 3 rings (SSSR count). The van der Waals surface area contributed by atoms with Crippen molar-refractivity contribution in [3.05, 3.63) is 26.6 Å². The Labute approximate surface area is 137 Å². The highest BCUT2D eigenvalue weighted by Gasteiger charge is 2.36. The summed E-state index contributed by atoms with van der Waals surface area (Å²) < 4.78 is 7.59. The summed E-state index contributed by atoms with van der Waals surface area (Å²) in [5.74, 6) is 0.932. The van der Waals surface area contributed by atoms with Crippen molar-refractivity contribution in [2.45, 2.75) is 37.9 Å². The summed E-state index contributed by atoms with van der Waals surface area (Å²) >= 11 is 7.12. The maximum atomic E-state index is 5.51. The van der Waals surface area contributed by atoms with Crippen LogP contribution in [0.15, 0.2) is 21.1 Å². The van der Waals surface area contributed by atoms with Gasteiger partial charge in [-0.1, -0.05) is 15.9 Å². The molecule has 1 N–H and O–H groups in total. The Bertz CT molecular complexity index is 495. The average molecular weight is 404 g/mol. The van der Waals surface area contributed by atoms with Gasteiger partial charge < -0.3 is 10.1 Å². The first-order chi connectivity index (χ1) is 9.69. The van der Waals surface area contributed by atoms with Crippen molar-refractivity contribution < 1.29 is 4.74 Å². The van der Waals surface area contributed by atoms with Gasteiger partial charge in [-0.25, -0.2) is 0 Å². The molecular weight excluding hydrogens is 384 g/mol. The molecule has 2 unspecified atom stereocenters. The number of nitrogens with zero attached hydrogens (tertiary/aromatic N) is 1. The summed E-state index contributed by atoms with van der Waals surface area (Å²) in [4.78, 5) is 2.63. The Morgan fingerprint density at radius 2 is 2.15 bits per heavy atom. The molecular formula is C15H20Br2N2O. The highest BCUT2D eigenvalue weighted by molar-refractivity contribution is 9.11. The molecule has 0 saturated carbocycles. The summed E-state index contributed by atoms with van der Waals surface area (Å²) in [6.45, 7) is 3.40. The van der Waals surface area contributed by atoms with Crippen molar-refractivity contribution in [2.24, 2.45) is 0 Å². The summed E-state index contributed by atoms with van der Waals surface area (Å²) in [5.41, 5.74) is 1.20. The van der Waals surface area contributed by atoms with Gasteiger partial charge in [-0.15, -0.1) is 0 Å². The zero-order valence-electron chi connectivity index (χ0n) is 11.7. The summed E-state index contributed by atoms with van der Waals surface area (Å²) in [7, 11) is 1.73. The van der Waals surface area contributed by atoms with E-state index < -0.39 is 0 Å². The van der Waals surface area contributed by atoms with Crippen LogP contribution in [0.3, 0.4) is 0 Å². The zero-order valence-corrected chi connectivity index (χ0v) is 14.8. The molecule has 20 heavy (non-hydrogen) atoms. The molecule has 0 aromatic heterocycles. The molecule has 1 aromatic rings. The SMILES string of the molecule is COc1c(Br)cc(Br)cc1CNC1CCN2CCCC12. The van der Waals surface area contributed by atoms with E-state index in [-0.39, 0.29) is 0 Å². The van der Waals surface area contributed by atoms with E-state index in [0.717, 1.165) is 27.3 Å². The Morgan fingerprint density at radius 3 is 2.95 bits per heavy atom. The number of hydrogen-bond acceptors (Lipinski definition) is 3. The number of halogens is 2. The first-order valence-electron chi connectivity index (χ1n) is 7.18. The Hall–Kier alpha value is -0.100. The van der Waals surface area contributed by atoms with Gasteiger partial charge >= 0.3 is 0 Å². The zero-order chi connectivity index (χ0) is 14.1. The van der Waals surface area contributed by atoms with Crippen LogP contribution in [-0.2, 0) is 6.54 Å². The fourth-order valence-corrected chi connectivity index (χ4v) is 5.01. The van der Waals surface area contributed by atoms with E-state index in [9.17, 15) is 0 Å². The molecule has 0 radical (unpaired) electrons. The summed E-state index contributed by atoms with van der Waals surface area (Å²) in [6, 6.07) is 5.53. The van der Waals surface area contributed by atoms with Crippen LogP contribution in [0.4, 0.5) is 0 Å². The molecule has 0 bridgehead atoms. The second kappa shape index (κ2) is 6.34. The Kier molecular flexibility index (Phi) is 4.70. The van der Waals surface area contributed by atoms with E-state index in [1.165, 1.54) is 37.9 Å². The van der Waals surface area contributed by atoms with Crippen molar-refractivity contribution in [2.75, 3.05) is 20.2 Å². The van der Waals surface area contributed by atoms with Gasteiger partial charge in [-0.3, -0.25) is 4.90 Å². The second-order valence-electron chi connectivity index (χ2n) is 5.60. The molecule has 2 aliphatic rings. The number of methoxy groups -OCH3 is 1. The molecule has 0 aliphatic carbocycles. The Morgan fingerprint density at radius 1 is 1.30 bits per heavy atom. The standard InChI is InChI=1S/C15H20Br2N2O/c1-20-15-10(7-11(16)8-12(15)17)9-18-13-4-6-19-5-2-3-14(13)19/h7-8,13-14,18H,2-6,9H2,1H3. The van der Waals surface area contributed by atoms with Crippen LogP contribution < -0.4 is 10.1 Å². The third kappa shape index (κ3) is 2.91. The molecule has 2 heterocycles. The van der Waals surface area contributed by atoms with Gasteiger partial charge in [0.1, 0.15) is 5.75 Å². The number of ether oxygens (including phenoxy) is 1. The smallest absolute Gasteiger partial charge is 0.137 e. The lowest BCUT2D eigenvalue weighted by atomic mass is 10.1. The minimum Gasteiger partial charge on any atom is -0.495 e. The van der Waals surface area contributed by atoms with Gasteiger partial charge in [-0.05, 0) is 53.9 Å². The van der Waals surface area contributed by atoms with Gasteiger partial charge in [0.05, 0.1) is 11.6 Å². The van der Waals surface area contributed by atoms with E-state index in [1.54, 1.807) is 7.11 Å². The maximum absolute atomic E-state index is 5.51. The predicted molar refractivity (Wildman–Crippen MR) is 88.2 cm³/mol. The topological polar surface area (TPSA) is 24.5 Å². The van der Waals surface area contributed by atoms with E-state index in [2.05, 4.69) is 48.1 Å². The molecule has 110 valence electrons. The van der Waals surface area contributed by atoms with Gasteiger partial charge in [-0.2, -0.15) is 0 Å². The summed E-state index contributed by atoms with van der Waals surface area (Å²) in [6.07, 6.45) is 3.97. The lowest BCUT2D eigenvalue weighted by Crippen LogP contribution is -2.38. The first kappa shape index (κ1) is 14.8. The number of nitrogens with one attached hydrogen (secondary N) is 1. The monoisotopic (exact) mass is 402 g/mol.